The van der Waals surface area contributed by atoms with E-state index in [0.717, 1.165) is 61.0 Å². The van der Waals surface area contributed by atoms with Crippen LogP contribution in [0.1, 0.15) is 51.1 Å². The lowest BCUT2D eigenvalue weighted by molar-refractivity contribution is -0.385. The third-order valence-corrected chi connectivity index (χ3v) is 6.31. The van der Waals surface area contributed by atoms with Gasteiger partial charge in [0.15, 0.2) is 0 Å². The van der Waals surface area contributed by atoms with Gasteiger partial charge in [0, 0.05) is 47.5 Å². The maximum absolute atomic E-state index is 12.8. The molecule has 37 heavy (non-hydrogen) atoms. The first kappa shape index (κ1) is 23.9. The third kappa shape index (κ3) is 5.40. The summed E-state index contributed by atoms with van der Waals surface area (Å²) in [4.78, 5) is 41.2. The Morgan fingerprint density at radius 1 is 0.892 bits per heavy atom. The Morgan fingerprint density at radius 3 is 2.16 bits per heavy atom. The first-order chi connectivity index (χ1) is 18.0. The lowest BCUT2D eigenvalue weighted by Gasteiger charge is -2.10. The minimum Gasteiger partial charge on any atom is -0.385 e. The number of hydrogen-bond donors (Lipinski definition) is 3. The molecule has 2 aliphatic heterocycles. The molecule has 5 rings (SSSR count). The zero-order chi connectivity index (χ0) is 25.8. The van der Waals surface area contributed by atoms with Crippen molar-refractivity contribution in [2.45, 2.75) is 19.3 Å². The van der Waals surface area contributed by atoms with Crippen LogP contribution in [0.5, 0.6) is 0 Å². The Hall–Kier alpha value is -4.79. The molecule has 9 nitrogen and oxygen atoms in total. The van der Waals surface area contributed by atoms with Crippen molar-refractivity contribution in [3.8, 4) is 0 Å². The van der Waals surface area contributed by atoms with E-state index < -0.39 is 22.4 Å². The van der Waals surface area contributed by atoms with Gasteiger partial charge in [-0.2, -0.15) is 0 Å². The second-order valence-electron chi connectivity index (χ2n) is 8.82. The van der Waals surface area contributed by atoms with Crippen LogP contribution in [0.2, 0.25) is 0 Å². The molecule has 3 aromatic rings. The Balaban J connectivity index is 1.28. The van der Waals surface area contributed by atoms with Gasteiger partial charge < -0.3 is 16.0 Å². The molecule has 0 radical (unpaired) electrons. The molecule has 2 aliphatic rings. The fourth-order valence-electron chi connectivity index (χ4n) is 4.39. The van der Waals surface area contributed by atoms with E-state index in [1.807, 2.05) is 24.3 Å². The van der Waals surface area contributed by atoms with E-state index in [9.17, 15) is 19.7 Å². The molecule has 186 valence electrons. The van der Waals surface area contributed by atoms with E-state index in [2.05, 4.69) is 27.0 Å². The average molecular weight is 496 g/mol. The Bertz CT molecular complexity index is 1430. The number of nitro groups is 1. The normalized spacial score (nSPS) is 14.4. The van der Waals surface area contributed by atoms with Crippen molar-refractivity contribution in [3.63, 3.8) is 0 Å². The lowest BCUT2D eigenvalue weighted by Crippen LogP contribution is -2.16. The van der Waals surface area contributed by atoms with Gasteiger partial charge >= 0.3 is 0 Å². The molecule has 0 atom stereocenters. The summed E-state index contributed by atoms with van der Waals surface area (Å²) in [6.45, 7) is 1.73. The summed E-state index contributed by atoms with van der Waals surface area (Å²) >= 11 is 0. The van der Waals surface area contributed by atoms with Crippen molar-refractivity contribution >= 4 is 40.3 Å². The standard InChI is InChI=1S/C28H25N5O4/c34-27(31-21-10-5-18(6-11-21)24-3-1-15-29-24)20-9-14-23(26(17-20)33(36)37)28(35)32-22-12-7-19(8-13-22)25-4-2-16-30-25/h4-14,17,30H,1-3,15-16H2,(H,31,34)(H,32,35). The fraction of sp³-hybridized carbons (Fsp3) is 0.179. The summed E-state index contributed by atoms with van der Waals surface area (Å²) in [5.41, 5.74) is 4.68. The quantitative estimate of drug-likeness (QED) is 0.314. The largest absolute Gasteiger partial charge is 0.385 e. The van der Waals surface area contributed by atoms with Gasteiger partial charge in [0.25, 0.3) is 17.5 Å². The van der Waals surface area contributed by atoms with E-state index in [1.54, 1.807) is 24.3 Å². The SMILES string of the molecule is O=C(Nc1ccc(C2=NCCC2)cc1)c1ccc(C(=O)Nc2ccc(C3=CCCN3)cc2)c([N+](=O)[O-])c1. The minimum atomic E-state index is -0.663. The molecule has 9 heteroatoms. The number of nitrogens with zero attached hydrogens (tertiary/aromatic N) is 2. The van der Waals surface area contributed by atoms with Crippen LogP contribution in [0.4, 0.5) is 17.1 Å². The highest BCUT2D eigenvalue weighted by atomic mass is 16.6. The van der Waals surface area contributed by atoms with Gasteiger partial charge in [0.2, 0.25) is 0 Å². The molecule has 2 amide bonds. The maximum Gasteiger partial charge on any atom is 0.282 e. The van der Waals surface area contributed by atoms with Crippen molar-refractivity contribution in [1.82, 2.24) is 5.32 Å². The van der Waals surface area contributed by atoms with Crippen LogP contribution in [0.25, 0.3) is 5.70 Å². The van der Waals surface area contributed by atoms with Crippen LogP contribution in [0.3, 0.4) is 0 Å². The molecule has 0 aliphatic carbocycles. The number of amides is 2. The predicted molar refractivity (Wildman–Crippen MR) is 143 cm³/mol. The second-order valence-corrected chi connectivity index (χ2v) is 8.82. The lowest BCUT2D eigenvalue weighted by atomic mass is 10.1. The first-order valence-electron chi connectivity index (χ1n) is 12.1. The van der Waals surface area contributed by atoms with Gasteiger partial charge in [-0.15, -0.1) is 0 Å². The van der Waals surface area contributed by atoms with Gasteiger partial charge in [0.05, 0.1) is 4.92 Å². The van der Waals surface area contributed by atoms with E-state index in [4.69, 9.17) is 0 Å². The molecule has 3 N–H and O–H groups in total. The molecule has 0 fully saturated rings. The molecule has 0 saturated heterocycles. The highest BCUT2D eigenvalue weighted by Crippen LogP contribution is 2.24. The van der Waals surface area contributed by atoms with Gasteiger partial charge in [-0.3, -0.25) is 24.7 Å². The van der Waals surface area contributed by atoms with Crippen molar-refractivity contribution < 1.29 is 14.5 Å². The number of benzene rings is 3. The van der Waals surface area contributed by atoms with E-state index in [1.165, 1.54) is 12.1 Å². The molecular formula is C28H25N5O4. The molecule has 3 aromatic carbocycles. The average Bonchev–Trinajstić information content (AvgIpc) is 3.64. The topological polar surface area (TPSA) is 126 Å². The van der Waals surface area contributed by atoms with Crippen LogP contribution in [-0.2, 0) is 0 Å². The molecule has 0 spiro atoms. The number of aliphatic imine (C=N–C) groups is 1. The second kappa shape index (κ2) is 10.4. The number of rotatable bonds is 7. The summed E-state index contributed by atoms with van der Waals surface area (Å²) in [7, 11) is 0. The number of hydrogen-bond acceptors (Lipinski definition) is 6. The molecule has 0 bridgehead atoms. The Kier molecular flexibility index (Phi) is 6.76. The van der Waals surface area contributed by atoms with Crippen LogP contribution in [0.15, 0.2) is 77.8 Å². The zero-order valence-corrected chi connectivity index (χ0v) is 20.0. The number of carbonyl (C=O) groups is 2. The summed E-state index contributed by atoms with van der Waals surface area (Å²) in [6, 6.07) is 18.4. The predicted octanol–water partition coefficient (Wildman–Crippen LogP) is 5.02. The molecule has 0 saturated carbocycles. The molecule has 0 aromatic heterocycles. The highest BCUT2D eigenvalue weighted by molar-refractivity contribution is 6.10. The number of carbonyl (C=O) groups excluding carboxylic acids is 2. The van der Waals surface area contributed by atoms with Crippen molar-refractivity contribution in [2.75, 3.05) is 23.7 Å². The van der Waals surface area contributed by atoms with Crippen molar-refractivity contribution in [3.05, 3.63) is 105 Å². The maximum atomic E-state index is 12.8. The van der Waals surface area contributed by atoms with Crippen molar-refractivity contribution in [2.24, 2.45) is 4.99 Å². The zero-order valence-electron chi connectivity index (χ0n) is 20.0. The van der Waals surface area contributed by atoms with Crippen LogP contribution < -0.4 is 16.0 Å². The number of nitrogens with one attached hydrogen (secondary N) is 3. The van der Waals surface area contributed by atoms with E-state index in [-0.39, 0.29) is 11.1 Å². The highest BCUT2D eigenvalue weighted by Gasteiger charge is 2.23. The summed E-state index contributed by atoms with van der Waals surface area (Å²) in [6.07, 6.45) is 5.06. The molecule has 0 unspecified atom stereocenters. The van der Waals surface area contributed by atoms with Crippen LogP contribution in [-0.4, -0.2) is 35.5 Å². The van der Waals surface area contributed by atoms with Gasteiger partial charge in [-0.1, -0.05) is 30.3 Å². The van der Waals surface area contributed by atoms with E-state index in [0.29, 0.717) is 11.4 Å². The van der Waals surface area contributed by atoms with Gasteiger partial charge in [-0.25, -0.2) is 0 Å². The summed E-state index contributed by atoms with van der Waals surface area (Å²) < 4.78 is 0. The fourth-order valence-corrected chi connectivity index (χ4v) is 4.39. The van der Waals surface area contributed by atoms with Crippen LogP contribution >= 0.6 is 0 Å². The summed E-state index contributed by atoms with van der Waals surface area (Å²) in [5.74, 6) is -1.14. The third-order valence-electron chi connectivity index (χ3n) is 6.31. The van der Waals surface area contributed by atoms with Crippen molar-refractivity contribution in [1.29, 1.82) is 0 Å². The monoisotopic (exact) mass is 495 g/mol. The number of nitro benzene ring substituents is 1. The van der Waals surface area contributed by atoms with Gasteiger partial charge in [0.1, 0.15) is 5.56 Å². The first-order valence-corrected chi connectivity index (χ1v) is 12.1. The van der Waals surface area contributed by atoms with E-state index >= 15 is 0 Å². The summed E-state index contributed by atoms with van der Waals surface area (Å²) in [5, 5.41) is 20.5. The Labute approximate surface area is 213 Å². The van der Waals surface area contributed by atoms with Crippen LogP contribution in [0, 0.1) is 10.1 Å². The smallest absolute Gasteiger partial charge is 0.282 e. The Morgan fingerprint density at radius 2 is 1.57 bits per heavy atom. The molecule has 2 heterocycles. The number of anilines is 2. The minimum absolute atomic E-state index is 0.0779. The molecular weight excluding hydrogens is 470 g/mol. The van der Waals surface area contributed by atoms with Gasteiger partial charge in [-0.05, 0) is 66.8 Å².